The van der Waals surface area contributed by atoms with Crippen molar-refractivity contribution in [1.29, 1.82) is 0 Å². The predicted molar refractivity (Wildman–Crippen MR) is 123 cm³/mol. The number of ether oxygens (including phenoxy) is 1. The van der Waals surface area contributed by atoms with Crippen molar-refractivity contribution < 1.29 is 31.5 Å². The van der Waals surface area contributed by atoms with Crippen LogP contribution in [0.2, 0.25) is 5.02 Å². The number of carbonyl (C=O) groups excluding carboxylic acids is 1. The molecule has 4 rings (SSSR count). The minimum absolute atomic E-state index is 0.0751. The summed E-state index contributed by atoms with van der Waals surface area (Å²) in [5.74, 6) is -1.93. The molecule has 1 heterocycles. The molecule has 0 bridgehead atoms. The average molecular weight is 522 g/mol. The third kappa shape index (κ3) is 6.19. The minimum Gasteiger partial charge on any atom is -0.471 e. The maximum Gasteiger partial charge on any atom is 0.416 e. The zero-order valence-corrected chi connectivity index (χ0v) is 19.1. The highest BCUT2D eigenvalue weighted by Crippen LogP contribution is 2.34. The van der Waals surface area contributed by atoms with E-state index in [9.17, 15) is 26.7 Å². The summed E-state index contributed by atoms with van der Waals surface area (Å²) >= 11 is 6.00. The molecule has 186 valence electrons. The van der Waals surface area contributed by atoms with Crippen LogP contribution in [0.3, 0.4) is 0 Å². The fraction of sp³-hybridized carbons (Fsp3) is 0.120. The van der Waals surface area contributed by atoms with Crippen LogP contribution in [0.5, 0.6) is 5.88 Å². The Morgan fingerprint density at radius 3 is 2.31 bits per heavy atom. The molecule has 0 atom stereocenters. The van der Waals surface area contributed by atoms with Crippen LogP contribution in [0.4, 0.5) is 27.6 Å². The number of benzene rings is 3. The van der Waals surface area contributed by atoms with Crippen LogP contribution in [0.1, 0.15) is 27.0 Å². The van der Waals surface area contributed by atoms with E-state index < -0.39 is 29.3 Å². The third-order valence-electron chi connectivity index (χ3n) is 5.01. The number of rotatable bonds is 7. The van der Waals surface area contributed by atoms with Gasteiger partial charge in [-0.3, -0.25) is 9.48 Å². The molecule has 3 aromatic carbocycles. The molecule has 0 unspecified atom stereocenters. The van der Waals surface area contributed by atoms with Gasteiger partial charge < -0.3 is 10.1 Å². The van der Waals surface area contributed by atoms with Gasteiger partial charge in [-0.15, -0.1) is 5.10 Å². The molecule has 5 nitrogen and oxygen atoms in total. The number of amides is 1. The molecule has 0 fully saturated rings. The van der Waals surface area contributed by atoms with Gasteiger partial charge in [0.25, 0.3) is 5.91 Å². The van der Waals surface area contributed by atoms with Gasteiger partial charge in [0.05, 0.1) is 22.8 Å². The van der Waals surface area contributed by atoms with Gasteiger partial charge in [0, 0.05) is 6.20 Å². The first-order chi connectivity index (χ1) is 17.1. The molecule has 0 saturated carbocycles. The Balaban J connectivity index is 1.63. The van der Waals surface area contributed by atoms with E-state index >= 15 is 0 Å². The summed E-state index contributed by atoms with van der Waals surface area (Å²) in [6.45, 7) is -0.0645. The van der Waals surface area contributed by atoms with Crippen LogP contribution in [0.15, 0.2) is 72.9 Å². The molecule has 0 spiro atoms. The fourth-order valence-corrected chi connectivity index (χ4v) is 3.50. The van der Waals surface area contributed by atoms with Gasteiger partial charge in [-0.25, -0.2) is 8.78 Å². The van der Waals surface area contributed by atoms with E-state index in [-0.39, 0.29) is 35.3 Å². The lowest BCUT2D eigenvalue weighted by Crippen LogP contribution is -2.14. The first-order valence-electron chi connectivity index (χ1n) is 10.5. The van der Waals surface area contributed by atoms with Crippen LogP contribution >= 0.6 is 11.6 Å². The Morgan fingerprint density at radius 2 is 1.64 bits per heavy atom. The molecule has 0 aliphatic carbocycles. The Hall–Kier alpha value is -3.92. The van der Waals surface area contributed by atoms with Crippen molar-refractivity contribution in [3.63, 3.8) is 0 Å². The molecule has 0 radical (unpaired) electrons. The van der Waals surface area contributed by atoms with Crippen LogP contribution in [0, 0.1) is 11.6 Å². The smallest absolute Gasteiger partial charge is 0.416 e. The number of hydrogen-bond acceptors (Lipinski definition) is 3. The standard InChI is InChI=1S/C25H17ClF5N3O2/c26-21-8-7-17(25(29,30)31)11-22(21)32-23(35)20-13-34(12-15-3-1-5-18(27)9-15)33-24(20)36-14-16-4-2-6-19(28)10-16/h1-11,13H,12,14H2,(H,32,35). The van der Waals surface area contributed by atoms with Gasteiger partial charge >= 0.3 is 6.18 Å². The normalized spacial score (nSPS) is 11.4. The minimum atomic E-state index is -4.64. The van der Waals surface area contributed by atoms with E-state index in [0.29, 0.717) is 17.2 Å². The highest BCUT2D eigenvalue weighted by molar-refractivity contribution is 6.34. The quantitative estimate of drug-likeness (QED) is 0.275. The van der Waals surface area contributed by atoms with Gasteiger partial charge in [-0.05, 0) is 53.6 Å². The number of halogens is 6. The number of hydrogen-bond donors (Lipinski definition) is 1. The Bertz CT molecular complexity index is 1400. The fourth-order valence-electron chi connectivity index (χ4n) is 3.33. The second-order valence-corrected chi connectivity index (χ2v) is 8.15. The molecule has 36 heavy (non-hydrogen) atoms. The number of nitrogens with zero attached hydrogens (tertiary/aromatic N) is 2. The van der Waals surface area contributed by atoms with Crippen molar-refractivity contribution in [3.8, 4) is 5.88 Å². The number of carbonyl (C=O) groups is 1. The van der Waals surface area contributed by atoms with E-state index in [4.69, 9.17) is 16.3 Å². The van der Waals surface area contributed by atoms with Gasteiger partial charge in [-0.2, -0.15) is 13.2 Å². The van der Waals surface area contributed by atoms with E-state index in [2.05, 4.69) is 10.4 Å². The molecule has 0 aliphatic heterocycles. The van der Waals surface area contributed by atoms with Crippen LogP contribution in [-0.2, 0) is 19.3 Å². The monoisotopic (exact) mass is 521 g/mol. The first-order valence-corrected chi connectivity index (χ1v) is 10.8. The average Bonchev–Trinajstić information content (AvgIpc) is 3.21. The van der Waals surface area contributed by atoms with Crippen molar-refractivity contribution in [2.45, 2.75) is 19.3 Å². The molecule has 0 aliphatic rings. The molecule has 1 N–H and O–H groups in total. The van der Waals surface area contributed by atoms with Gasteiger partial charge in [-0.1, -0.05) is 35.9 Å². The lowest BCUT2D eigenvalue weighted by atomic mass is 10.2. The summed E-state index contributed by atoms with van der Waals surface area (Å²) in [6, 6.07) is 13.9. The lowest BCUT2D eigenvalue weighted by molar-refractivity contribution is -0.137. The Labute approximate surface area is 207 Å². The number of alkyl halides is 3. The zero-order valence-electron chi connectivity index (χ0n) is 18.3. The number of anilines is 1. The van der Waals surface area contributed by atoms with E-state index in [1.165, 1.54) is 47.3 Å². The molecule has 1 amide bonds. The van der Waals surface area contributed by atoms with Gasteiger partial charge in [0.1, 0.15) is 23.8 Å². The first kappa shape index (κ1) is 25.2. The predicted octanol–water partition coefficient (Wildman–Crippen LogP) is 6.71. The largest absolute Gasteiger partial charge is 0.471 e. The lowest BCUT2D eigenvalue weighted by Gasteiger charge is -2.12. The molecule has 4 aromatic rings. The van der Waals surface area contributed by atoms with Gasteiger partial charge in [0.2, 0.25) is 5.88 Å². The van der Waals surface area contributed by atoms with Crippen molar-refractivity contribution >= 4 is 23.2 Å². The SMILES string of the molecule is O=C(Nc1cc(C(F)(F)F)ccc1Cl)c1cn(Cc2cccc(F)c2)nc1OCc1cccc(F)c1. The molecular weight excluding hydrogens is 505 g/mol. The van der Waals surface area contributed by atoms with E-state index in [1.54, 1.807) is 12.1 Å². The summed E-state index contributed by atoms with van der Waals surface area (Å²) in [5.41, 5.74) is -0.364. The molecular formula is C25H17ClF5N3O2. The Morgan fingerprint density at radius 1 is 0.972 bits per heavy atom. The van der Waals surface area contributed by atoms with Crippen molar-refractivity contribution in [1.82, 2.24) is 9.78 Å². The molecule has 1 aromatic heterocycles. The maximum absolute atomic E-state index is 13.6. The molecule has 0 saturated heterocycles. The van der Waals surface area contributed by atoms with E-state index in [1.807, 2.05) is 0 Å². The van der Waals surface area contributed by atoms with Crippen molar-refractivity contribution in [2.24, 2.45) is 0 Å². The second kappa shape index (κ2) is 10.4. The topological polar surface area (TPSA) is 56.2 Å². The van der Waals surface area contributed by atoms with Crippen LogP contribution < -0.4 is 10.1 Å². The Kier molecular flexibility index (Phi) is 7.25. The maximum atomic E-state index is 13.6. The highest BCUT2D eigenvalue weighted by Gasteiger charge is 2.31. The van der Waals surface area contributed by atoms with Gasteiger partial charge in [0.15, 0.2) is 0 Å². The number of nitrogens with one attached hydrogen (secondary N) is 1. The summed E-state index contributed by atoms with van der Waals surface area (Å²) < 4.78 is 73.4. The third-order valence-corrected chi connectivity index (χ3v) is 5.34. The van der Waals surface area contributed by atoms with Crippen molar-refractivity contribution in [2.75, 3.05) is 5.32 Å². The van der Waals surface area contributed by atoms with Crippen LogP contribution in [0.25, 0.3) is 0 Å². The van der Waals surface area contributed by atoms with Crippen LogP contribution in [-0.4, -0.2) is 15.7 Å². The zero-order chi connectivity index (χ0) is 25.9. The number of aromatic nitrogens is 2. The molecule has 11 heteroatoms. The van der Waals surface area contributed by atoms with Crippen molar-refractivity contribution in [3.05, 3.63) is 112 Å². The second-order valence-electron chi connectivity index (χ2n) is 7.74. The summed E-state index contributed by atoms with van der Waals surface area (Å²) in [4.78, 5) is 13.0. The van der Waals surface area contributed by atoms with E-state index in [0.717, 1.165) is 12.1 Å². The summed E-state index contributed by atoms with van der Waals surface area (Å²) in [6.07, 6.45) is -3.33. The highest BCUT2D eigenvalue weighted by atomic mass is 35.5. The summed E-state index contributed by atoms with van der Waals surface area (Å²) in [5, 5.41) is 6.46. The summed E-state index contributed by atoms with van der Waals surface area (Å²) in [7, 11) is 0.